The molecule has 0 saturated carbocycles. The summed E-state index contributed by atoms with van der Waals surface area (Å²) < 4.78 is 43.2. The zero-order valence-corrected chi connectivity index (χ0v) is 15.6. The van der Waals surface area contributed by atoms with Gasteiger partial charge in [-0.1, -0.05) is 6.92 Å². The normalized spacial score (nSPS) is 20.2. The van der Waals surface area contributed by atoms with Crippen molar-refractivity contribution in [3.05, 3.63) is 0 Å². The number of rotatable bonds is 13. The van der Waals surface area contributed by atoms with Crippen LogP contribution in [-0.4, -0.2) is 67.9 Å². The average molecular weight is 381 g/mol. The SMILES string of the molecule is CCN[C@](F)(CS)CNC(F)(CS)CN[C@](F)(CS)CNC. The highest BCUT2D eigenvalue weighted by Crippen LogP contribution is 2.16. The molecule has 0 aliphatic carbocycles. The summed E-state index contributed by atoms with van der Waals surface area (Å²) in [5.41, 5.74) is 0. The average Bonchev–Trinajstić information content (AvgIpc) is 2.52. The van der Waals surface area contributed by atoms with Gasteiger partial charge in [0.05, 0.1) is 0 Å². The second-order valence-corrected chi connectivity index (χ2v) is 6.09. The summed E-state index contributed by atoms with van der Waals surface area (Å²) in [6, 6.07) is 0. The van der Waals surface area contributed by atoms with Crippen LogP contribution in [0, 0.1) is 0 Å². The first kappa shape index (κ1) is 22.7. The maximum Gasteiger partial charge on any atom is 0.183 e. The van der Waals surface area contributed by atoms with E-state index in [1.54, 1.807) is 14.0 Å². The minimum atomic E-state index is -2.06. The van der Waals surface area contributed by atoms with Gasteiger partial charge < -0.3 is 5.32 Å². The molecular formula is C12H27F3N4S3. The summed E-state index contributed by atoms with van der Waals surface area (Å²) in [4.78, 5) is 0. The molecule has 4 nitrogen and oxygen atoms in total. The number of nitrogens with one attached hydrogen (secondary N) is 4. The van der Waals surface area contributed by atoms with Crippen LogP contribution in [0.4, 0.5) is 13.2 Å². The third-order valence-corrected chi connectivity index (χ3v) is 4.58. The molecule has 0 aliphatic heterocycles. The molecule has 0 aromatic rings. The van der Waals surface area contributed by atoms with Crippen molar-refractivity contribution in [2.75, 3.05) is 50.5 Å². The second kappa shape index (κ2) is 10.5. The highest BCUT2D eigenvalue weighted by atomic mass is 32.1. The Morgan fingerprint density at radius 2 is 1.09 bits per heavy atom. The maximum atomic E-state index is 14.7. The van der Waals surface area contributed by atoms with Crippen molar-refractivity contribution in [3.63, 3.8) is 0 Å². The number of hydrogen-bond acceptors (Lipinski definition) is 7. The van der Waals surface area contributed by atoms with Crippen molar-refractivity contribution < 1.29 is 13.2 Å². The van der Waals surface area contributed by atoms with E-state index in [0.717, 1.165) is 0 Å². The monoisotopic (exact) mass is 380 g/mol. The predicted molar refractivity (Wildman–Crippen MR) is 96.7 cm³/mol. The lowest BCUT2D eigenvalue weighted by Crippen LogP contribution is -2.62. The van der Waals surface area contributed by atoms with Crippen molar-refractivity contribution in [1.82, 2.24) is 21.3 Å². The van der Waals surface area contributed by atoms with Crippen LogP contribution in [0.5, 0.6) is 0 Å². The van der Waals surface area contributed by atoms with Crippen molar-refractivity contribution in [3.8, 4) is 0 Å². The van der Waals surface area contributed by atoms with Gasteiger partial charge in [-0.2, -0.15) is 37.9 Å². The minimum absolute atomic E-state index is 0.0275. The third-order valence-electron chi connectivity index (χ3n) is 3.07. The van der Waals surface area contributed by atoms with Crippen molar-refractivity contribution in [1.29, 1.82) is 0 Å². The van der Waals surface area contributed by atoms with Gasteiger partial charge >= 0.3 is 0 Å². The highest BCUT2D eigenvalue weighted by Gasteiger charge is 2.37. The quantitative estimate of drug-likeness (QED) is 0.191. The Labute approximate surface area is 147 Å². The van der Waals surface area contributed by atoms with Crippen LogP contribution in [-0.2, 0) is 0 Å². The zero-order chi connectivity index (χ0) is 17.3. The van der Waals surface area contributed by atoms with E-state index in [4.69, 9.17) is 0 Å². The molecule has 0 aliphatic rings. The summed E-state index contributed by atoms with van der Waals surface area (Å²) in [5.74, 6) is -6.26. The Morgan fingerprint density at radius 3 is 1.41 bits per heavy atom. The topological polar surface area (TPSA) is 48.1 Å². The lowest BCUT2D eigenvalue weighted by atomic mass is 10.2. The molecule has 0 saturated heterocycles. The van der Waals surface area contributed by atoms with Crippen LogP contribution < -0.4 is 21.3 Å². The van der Waals surface area contributed by atoms with Crippen LogP contribution in [0.25, 0.3) is 0 Å². The van der Waals surface area contributed by atoms with Crippen LogP contribution in [0.2, 0.25) is 0 Å². The van der Waals surface area contributed by atoms with Crippen molar-refractivity contribution in [2.45, 2.75) is 24.3 Å². The van der Waals surface area contributed by atoms with E-state index in [1.165, 1.54) is 0 Å². The van der Waals surface area contributed by atoms with E-state index >= 15 is 0 Å². The Bertz CT molecular complexity index is 293. The molecule has 0 aromatic heterocycles. The van der Waals surface area contributed by atoms with Gasteiger partial charge in [-0.3, -0.25) is 16.0 Å². The summed E-state index contributed by atoms with van der Waals surface area (Å²) in [6.07, 6.45) is 0. The zero-order valence-electron chi connectivity index (χ0n) is 12.9. The maximum absolute atomic E-state index is 14.7. The van der Waals surface area contributed by atoms with Crippen molar-refractivity contribution in [2.24, 2.45) is 0 Å². The van der Waals surface area contributed by atoms with Crippen LogP contribution >= 0.6 is 37.9 Å². The van der Waals surface area contributed by atoms with E-state index in [1.807, 2.05) is 0 Å². The van der Waals surface area contributed by atoms with Gasteiger partial charge in [0.1, 0.15) is 0 Å². The minimum Gasteiger partial charge on any atom is -0.315 e. The van der Waals surface area contributed by atoms with Gasteiger partial charge in [0.15, 0.2) is 17.4 Å². The Morgan fingerprint density at radius 1 is 0.727 bits per heavy atom. The largest absolute Gasteiger partial charge is 0.315 e. The van der Waals surface area contributed by atoms with Gasteiger partial charge in [-0.05, 0) is 13.6 Å². The standard InChI is InChI=1S/C12H27F3N4S3/c1-3-17-11(14,8-21)5-19-12(15,9-22)6-18-10(13,7-20)4-16-2/h16-22H,3-9H2,1-2H3/t10-,11-,12?/m0/s1. The highest BCUT2D eigenvalue weighted by molar-refractivity contribution is 7.80. The van der Waals surface area contributed by atoms with E-state index in [-0.39, 0.29) is 36.9 Å². The Balaban J connectivity index is 4.63. The third kappa shape index (κ3) is 7.98. The molecule has 0 amide bonds. The van der Waals surface area contributed by atoms with Gasteiger partial charge in [-0.25, -0.2) is 13.2 Å². The number of alkyl halides is 3. The molecule has 22 heavy (non-hydrogen) atoms. The lowest BCUT2D eigenvalue weighted by Gasteiger charge is -2.34. The summed E-state index contributed by atoms with van der Waals surface area (Å²) >= 11 is 11.8. The molecule has 0 rings (SSSR count). The second-order valence-electron chi connectivity index (χ2n) is 5.14. The number of likely N-dealkylation sites (N-methyl/N-ethyl adjacent to an activating group) is 2. The molecule has 0 heterocycles. The van der Waals surface area contributed by atoms with Crippen LogP contribution in [0.15, 0.2) is 0 Å². The lowest BCUT2D eigenvalue weighted by molar-refractivity contribution is 0.0574. The summed E-state index contributed by atoms with van der Waals surface area (Å²) in [5, 5.41) is 10.2. The van der Waals surface area contributed by atoms with E-state index in [2.05, 4.69) is 59.2 Å². The smallest absolute Gasteiger partial charge is 0.183 e. The van der Waals surface area contributed by atoms with Gasteiger partial charge in [-0.15, -0.1) is 0 Å². The number of thiol groups is 3. The fourth-order valence-corrected chi connectivity index (χ4v) is 2.39. The summed E-state index contributed by atoms with van der Waals surface area (Å²) in [6.45, 7) is 1.41. The first-order chi connectivity index (χ1) is 10.2. The fraction of sp³-hybridized carbons (Fsp3) is 1.00. The number of hydrogen-bond donors (Lipinski definition) is 7. The van der Waals surface area contributed by atoms with E-state index < -0.39 is 17.4 Å². The van der Waals surface area contributed by atoms with E-state index in [9.17, 15) is 13.2 Å². The Kier molecular flexibility index (Phi) is 10.9. The Hall–Kier alpha value is 0.680. The van der Waals surface area contributed by atoms with Crippen molar-refractivity contribution >= 4 is 37.9 Å². The molecule has 0 bridgehead atoms. The molecule has 4 N–H and O–H groups in total. The van der Waals surface area contributed by atoms with Crippen LogP contribution in [0.1, 0.15) is 6.92 Å². The number of halogens is 3. The molecule has 1 unspecified atom stereocenters. The van der Waals surface area contributed by atoms with Gasteiger partial charge in [0, 0.05) is 36.9 Å². The fourth-order valence-electron chi connectivity index (χ4n) is 1.72. The van der Waals surface area contributed by atoms with E-state index in [0.29, 0.717) is 6.54 Å². The molecular weight excluding hydrogens is 353 g/mol. The van der Waals surface area contributed by atoms with Crippen LogP contribution in [0.3, 0.4) is 0 Å². The first-order valence-electron chi connectivity index (χ1n) is 7.01. The van der Waals surface area contributed by atoms with Gasteiger partial charge in [0.25, 0.3) is 0 Å². The predicted octanol–water partition coefficient (Wildman–Crippen LogP) is 0.781. The molecule has 0 fully saturated rings. The molecule has 134 valence electrons. The molecule has 0 radical (unpaired) electrons. The van der Waals surface area contributed by atoms with Gasteiger partial charge in [0.2, 0.25) is 0 Å². The first-order valence-corrected chi connectivity index (χ1v) is 8.91. The summed E-state index contributed by atoms with van der Waals surface area (Å²) in [7, 11) is 1.58. The molecule has 10 heteroatoms. The molecule has 0 spiro atoms. The molecule has 0 aromatic carbocycles. The molecule has 3 atom stereocenters.